The summed E-state index contributed by atoms with van der Waals surface area (Å²) in [6.07, 6.45) is 2.18. The van der Waals surface area contributed by atoms with Gasteiger partial charge in [0, 0.05) is 18.5 Å². The number of carbonyl (C=O) groups excluding carboxylic acids is 3. The Labute approximate surface area is 130 Å². The number of hydrogen-bond acceptors (Lipinski definition) is 3. The van der Waals surface area contributed by atoms with Crippen LogP contribution in [0.1, 0.15) is 25.8 Å². The van der Waals surface area contributed by atoms with Crippen LogP contribution in [0, 0.1) is 0 Å². The summed E-state index contributed by atoms with van der Waals surface area (Å²) < 4.78 is 0. The van der Waals surface area contributed by atoms with Gasteiger partial charge in [0.25, 0.3) is 0 Å². The van der Waals surface area contributed by atoms with Crippen molar-refractivity contribution in [1.29, 1.82) is 0 Å². The molecule has 0 saturated heterocycles. The molecular weight excluding hydrogens is 282 g/mol. The molecule has 22 heavy (non-hydrogen) atoms. The number of rotatable bonds is 10. The van der Waals surface area contributed by atoms with E-state index in [2.05, 4.69) is 5.32 Å². The molecule has 0 aliphatic carbocycles. The summed E-state index contributed by atoms with van der Waals surface area (Å²) >= 11 is 0. The van der Waals surface area contributed by atoms with E-state index in [-0.39, 0.29) is 12.1 Å². The standard InChI is InChI=1S/C16H23N3O3/c1-12(18-10-20)8-13(2)19(11-21)15(16(17)22)9-14-6-4-3-5-7-14/h3-7,10-13,15H,8-9H2,1-2H3,(H2,17,22)(H,18,20)/t12-,13?,15+/m1/s1. The van der Waals surface area contributed by atoms with Crippen LogP contribution in [0.15, 0.2) is 30.3 Å². The van der Waals surface area contributed by atoms with Gasteiger partial charge in [-0.05, 0) is 25.8 Å². The summed E-state index contributed by atoms with van der Waals surface area (Å²) in [6.45, 7) is 3.67. The van der Waals surface area contributed by atoms with E-state index >= 15 is 0 Å². The number of nitrogens with one attached hydrogen (secondary N) is 1. The molecule has 0 aliphatic rings. The second kappa shape index (κ2) is 8.81. The fraction of sp³-hybridized carbons (Fsp3) is 0.438. The van der Waals surface area contributed by atoms with E-state index in [1.807, 2.05) is 44.2 Å². The van der Waals surface area contributed by atoms with E-state index in [1.54, 1.807) is 0 Å². The monoisotopic (exact) mass is 305 g/mol. The zero-order chi connectivity index (χ0) is 16.5. The van der Waals surface area contributed by atoms with Crippen molar-refractivity contribution in [2.24, 2.45) is 5.73 Å². The number of amides is 3. The maximum atomic E-state index is 11.8. The molecule has 1 unspecified atom stereocenters. The molecule has 0 aliphatic heterocycles. The Morgan fingerprint density at radius 2 is 1.91 bits per heavy atom. The predicted molar refractivity (Wildman–Crippen MR) is 83.8 cm³/mol. The van der Waals surface area contributed by atoms with E-state index in [9.17, 15) is 14.4 Å². The Morgan fingerprint density at radius 3 is 2.41 bits per heavy atom. The van der Waals surface area contributed by atoms with Crippen LogP contribution in [0.5, 0.6) is 0 Å². The molecule has 3 N–H and O–H groups in total. The van der Waals surface area contributed by atoms with Gasteiger partial charge in [-0.2, -0.15) is 0 Å². The Morgan fingerprint density at radius 1 is 1.27 bits per heavy atom. The van der Waals surface area contributed by atoms with Crippen molar-refractivity contribution in [3.05, 3.63) is 35.9 Å². The van der Waals surface area contributed by atoms with Gasteiger partial charge in [0.15, 0.2) is 0 Å². The fourth-order valence-electron chi connectivity index (χ4n) is 2.49. The molecule has 6 heteroatoms. The normalized spacial score (nSPS) is 14.5. The molecule has 1 rings (SSSR count). The highest BCUT2D eigenvalue weighted by Gasteiger charge is 2.27. The van der Waals surface area contributed by atoms with Crippen LogP contribution in [-0.4, -0.2) is 41.8 Å². The van der Waals surface area contributed by atoms with Crippen molar-refractivity contribution >= 4 is 18.7 Å². The lowest BCUT2D eigenvalue weighted by molar-refractivity contribution is -0.133. The number of nitrogens with two attached hydrogens (primary N) is 1. The quantitative estimate of drug-likeness (QED) is 0.615. The first-order chi connectivity index (χ1) is 10.5. The number of hydrogen-bond donors (Lipinski definition) is 2. The topological polar surface area (TPSA) is 92.5 Å². The molecule has 3 amide bonds. The second-order valence-corrected chi connectivity index (χ2v) is 5.43. The number of carbonyl (C=O) groups is 3. The molecule has 1 aromatic rings. The van der Waals surface area contributed by atoms with E-state index in [1.165, 1.54) is 4.90 Å². The molecule has 0 heterocycles. The minimum absolute atomic E-state index is 0.0970. The highest BCUT2D eigenvalue weighted by Crippen LogP contribution is 2.14. The van der Waals surface area contributed by atoms with Crippen LogP contribution in [0.25, 0.3) is 0 Å². The lowest BCUT2D eigenvalue weighted by Gasteiger charge is -2.33. The Kier molecular flexibility index (Phi) is 7.08. The smallest absolute Gasteiger partial charge is 0.240 e. The largest absolute Gasteiger partial charge is 0.368 e. The van der Waals surface area contributed by atoms with Gasteiger partial charge in [-0.25, -0.2) is 0 Å². The van der Waals surface area contributed by atoms with E-state index < -0.39 is 11.9 Å². The molecule has 0 aromatic heterocycles. The van der Waals surface area contributed by atoms with Crippen LogP contribution in [0.2, 0.25) is 0 Å². The Balaban J connectivity index is 2.83. The van der Waals surface area contributed by atoms with E-state index in [0.29, 0.717) is 25.7 Å². The molecule has 3 atom stereocenters. The summed E-state index contributed by atoms with van der Waals surface area (Å²) in [4.78, 5) is 35.1. The lowest BCUT2D eigenvalue weighted by atomic mass is 10.0. The minimum atomic E-state index is -0.710. The van der Waals surface area contributed by atoms with E-state index in [0.717, 1.165) is 5.56 Å². The van der Waals surface area contributed by atoms with Gasteiger partial charge in [-0.3, -0.25) is 14.4 Å². The highest BCUT2D eigenvalue weighted by atomic mass is 16.2. The van der Waals surface area contributed by atoms with Gasteiger partial charge >= 0.3 is 0 Å². The summed E-state index contributed by atoms with van der Waals surface area (Å²) in [7, 11) is 0. The highest BCUT2D eigenvalue weighted by molar-refractivity contribution is 5.82. The third-order valence-electron chi connectivity index (χ3n) is 3.64. The second-order valence-electron chi connectivity index (χ2n) is 5.43. The average molecular weight is 305 g/mol. The van der Waals surface area contributed by atoms with Crippen LogP contribution < -0.4 is 11.1 Å². The summed E-state index contributed by atoms with van der Waals surface area (Å²) in [5.74, 6) is -0.543. The van der Waals surface area contributed by atoms with Gasteiger partial charge < -0.3 is 16.0 Å². The zero-order valence-corrected chi connectivity index (χ0v) is 12.9. The van der Waals surface area contributed by atoms with Gasteiger partial charge in [-0.15, -0.1) is 0 Å². The third-order valence-corrected chi connectivity index (χ3v) is 3.64. The number of benzene rings is 1. The van der Waals surface area contributed by atoms with Crippen molar-refractivity contribution < 1.29 is 14.4 Å². The first-order valence-electron chi connectivity index (χ1n) is 7.25. The molecule has 6 nitrogen and oxygen atoms in total. The molecular formula is C16H23N3O3. The molecule has 0 spiro atoms. The average Bonchev–Trinajstić information content (AvgIpc) is 2.48. The van der Waals surface area contributed by atoms with Crippen LogP contribution in [-0.2, 0) is 20.8 Å². The summed E-state index contributed by atoms with van der Waals surface area (Å²) in [6, 6.07) is 8.38. The van der Waals surface area contributed by atoms with Crippen LogP contribution in [0.4, 0.5) is 0 Å². The van der Waals surface area contributed by atoms with Crippen LogP contribution in [0.3, 0.4) is 0 Å². The van der Waals surface area contributed by atoms with E-state index in [4.69, 9.17) is 5.73 Å². The van der Waals surface area contributed by atoms with Gasteiger partial charge in [0.1, 0.15) is 6.04 Å². The molecule has 0 saturated carbocycles. The van der Waals surface area contributed by atoms with Gasteiger partial charge in [-0.1, -0.05) is 30.3 Å². The number of nitrogens with zero attached hydrogens (tertiary/aromatic N) is 1. The minimum Gasteiger partial charge on any atom is -0.368 e. The zero-order valence-electron chi connectivity index (χ0n) is 12.9. The number of primary amides is 1. The molecule has 1 aromatic carbocycles. The van der Waals surface area contributed by atoms with Crippen LogP contribution >= 0.6 is 0 Å². The maximum absolute atomic E-state index is 11.8. The Hall–Kier alpha value is -2.37. The molecule has 0 radical (unpaired) electrons. The molecule has 0 bridgehead atoms. The van der Waals surface area contributed by atoms with Gasteiger partial charge in [0.05, 0.1) is 0 Å². The third kappa shape index (κ3) is 5.20. The molecule has 0 fully saturated rings. The first-order valence-corrected chi connectivity index (χ1v) is 7.25. The Bertz CT molecular complexity index is 493. The lowest BCUT2D eigenvalue weighted by Crippen LogP contribution is -2.50. The first kappa shape index (κ1) is 17.7. The maximum Gasteiger partial charge on any atom is 0.240 e. The predicted octanol–water partition coefficient (Wildman–Crippen LogP) is 0.454. The summed E-state index contributed by atoms with van der Waals surface area (Å²) in [5.41, 5.74) is 6.41. The van der Waals surface area contributed by atoms with Crippen molar-refractivity contribution in [2.45, 2.75) is 44.8 Å². The van der Waals surface area contributed by atoms with Gasteiger partial charge in [0.2, 0.25) is 18.7 Å². The van der Waals surface area contributed by atoms with Crippen molar-refractivity contribution in [2.75, 3.05) is 0 Å². The summed E-state index contributed by atoms with van der Waals surface area (Å²) in [5, 5.41) is 2.63. The fourth-order valence-corrected chi connectivity index (χ4v) is 2.49. The SMILES string of the molecule is CC(C[C@@H](C)NC=O)N(C=O)[C@@H](Cc1ccccc1)C(N)=O. The van der Waals surface area contributed by atoms with Crippen molar-refractivity contribution in [1.82, 2.24) is 10.2 Å². The van der Waals surface area contributed by atoms with Crippen molar-refractivity contribution in [3.8, 4) is 0 Å². The molecule has 120 valence electrons. The van der Waals surface area contributed by atoms with Crippen molar-refractivity contribution in [3.63, 3.8) is 0 Å².